The van der Waals surface area contributed by atoms with Crippen molar-refractivity contribution in [3.63, 3.8) is 0 Å². The molecule has 0 unspecified atom stereocenters. The summed E-state index contributed by atoms with van der Waals surface area (Å²) in [5.74, 6) is 0.510. The van der Waals surface area contributed by atoms with E-state index >= 15 is 0 Å². The van der Waals surface area contributed by atoms with Crippen LogP contribution >= 0.6 is 11.6 Å². The molecular formula is C29H46ClN5O5S. The number of sulfone groups is 1. The van der Waals surface area contributed by atoms with Gasteiger partial charge in [0.2, 0.25) is 5.88 Å². The number of amides is 1. The fourth-order valence-corrected chi connectivity index (χ4v) is 5.53. The van der Waals surface area contributed by atoms with Crippen LogP contribution in [0.3, 0.4) is 0 Å². The minimum Gasteiger partial charge on any atom is -0.474 e. The molecule has 2 aromatic heterocycles. The van der Waals surface area contributed by atoms with Gasteiger partial charge in [-0.2, -0.15) is 0 Å². The number of pyridine rings is 1. The van der Waals surface area contributed by atoms with Gasteiger partial charge in [-0.15, -0.1) is 0 Å². The van der Waals surface area contributed by atoms with Crippen molar-refractivity contribution in [1.82, 2.24) is 19.9 Å². The Kier molecular flexibility index (Phi) is 13.1. The highest BCUT2D eigenvalue weighted by atomic mass is 35.5. The molecule has 3 heterocycles. The Morgan fingerprint density at radius 1 is 1.07 bits per heavy atom. The zero-order valence-corrected chi connectivity index (χ0v) is 27.0. The number of hydrogen-bond acceptors (Lipinski definition) is 9. The number of nitrogens with zero attached hydrogens (tertiary/aromatic N) is 4. The number of unbranched alkanes of at least 4 members (excludes halogenated alkanes) is 2. The SMILES string of the molecule is CCCCC.Cc1c(Cl)ncnc1OC1CCN(C(=O)OC(C)(C)C)CC1.Cc1nc(S(=O)(=O)C2CC2)ccc1N. The van der Waals surface area contributed by atoms with E-state index < -0.39 is 15.4 Å². The van der Waals surface area contributed by atoms with Crippen LogP contribution in [0.25, 0.3) is 0 Å². The highest BCUT2D eigenvalue weighted by Crippen LogP contribution is 2.33. The second-order valence-electron chi connectivity index (χ2n) is 11.3. The third-order valence-electron chi connectivity index (χ3n) is 6.41. The van der Waals surface area contributed by atoms with E-state index in [1.165, 1.54) is 31.7 Å². The number of carbonyl (C=O) groups excluding carboxylic acids is 1. The van der Waals surface area contributed by atoms with Crippen LogP contribution in [-0.4, -0.2) is 64.4 Å². The number of nitrogen functional groups attached to an aromatic ring is 1. The summed E-state index contributed by atoms with van der Waals surface area (Å²) in [6.07, 6.45) is 8.20. The molecule has 0 atom stereocenters. The van der Waals surface area contributed by atoms with Crippen molar-refractivity contribution in [2.75, 3.05) is 18.8 Å². The summed E-state index contributed by atoms with van der Waals surface area (Å²) in [6.45, 7) is 14.8. The highest BCUT2D eigenvalue weighted by molar-refractivity contribution is 7.92. The van der Waals surface area contributed by atoms with E-state index in [1.807, 2.05) is 27.7 Å². The van der Waals surface area contributed by atoms with Crippen molar-refractivity contribution in [2.45, 2.75) is 115 Å². The Morgan fingerprint density at radius 3 is 2.17 bits per heavy atom. The van der Waals surface area contributed by atoms with Crippen LogP contribution in [0.2, 0.25) is 5.15 Å². The van der Waals surface area contributed by atoms with Gasteiger partial charge in [0.05, 0.1) is 16.6 Å². The summed E-state index contributed by atoms with van der Waals surface area (Å²) < 4.78 is 34.8. The Hall–Kier alpha value is -2.66. The molecule has 12 heteroatoms. The lowest BCUT2D eigenvalue weighted by molar-refractivity contribution is 0.0122. The molecule has 1 aliphatic carbocycles. The smallest absolute Gasteiger partial charge is 0.410 e. The van der Waals surface area contributed by atoms with Crippen LogP contribution in [-0.2, 0) is 14.6 Å². The van der Waals surface area contributed by atoms with E-state index in [9.17, 15) is 13.2 Å². The van der Waals surface area contributed by atoms with Crippen molar-refractivity contribution in [3.05, 3.63) is 34.9 Å². The van der Waals surface area contributed by atoms with E-state index in [0.717, 1.165) is 31.2 Å². The first kappa shape index (κ1) is 34.5. The van der Waals surface area contributed by atoms with Gasteiger partial charge in [0, 0.05) is 31.5 Å². The monoisotopic (exact) mass is 611 g/mol. The molecule has 1 amide bonds. The van der Waals surface area contributed by atoms with Crippen molar-refractivity contribution >= 4 is 33.2 Å². The summed E-state index contributed by atoms with van der Waals surface area (Å²) in [6, 6.07) is 3.08. The molecule has 230 valence electrons. The number of aromatic nitrogens is 3. The molecule has 0 bridgehead atoms. The number of anilines is 1. The molecule has 2 aromatic rings. The molecule has 2 N–H and O–H groups in total. The molecule has 0 radical (unpaired) electrons. The number of hydrogen-bond donors (Lipinski definition) is 1. The molecule has 2 fully saturated rings. The van der Waals surface area contributed by atoms with Gasteiger partial charge in [0.1, 0.15) is 23.2 Å². The molecule has 10 nitrogen and oxygen atoms in total. The predicted molar refractivity (Wildman–Crippen MR) is 162 cm³/mol. The van der Waals surface area contributed by atoms with Crippen molar-refractivity contribution in [2.24, 2.45) is 0 Å². The summed E-state index contributed by atoms with van der Waals surface area (Å²) in [5, 5.41) is 0.348. The largest absolute Gasteiger partial charge is 0.474 e. The van der Waals surface area contributed by atoms with E-state index in [4.69, 9.17) is 26.8 Å². The van der Waals surface area contributed by atoms with Gasteiger partial charge in [-0.1, -0.05) is 44.7 Å². The first-order valence-electron chi connectivity index (χ1n) is 14.3. The number of halogens is 1. The summed E-state index contributed by atoms with van der Waals surface area (Å²) in [5.41, 5.74) is 6.93. The average molecular weight is 612 g/mol. The Morgan fingerprint density at radius 2 is 1.68 bits per heavy atom. The van der Waals surface area contributed by atoms with Crippen LogP contribution < -0.4 is 10.5 Å². The number of nitrogens with two attached hydrogens (primary N) is 1. The Labute approximate surface area is 250 Å². The van der Waals surface area contributed by atoms with E-state index in [1.54, 1.807) is 17.9 Å². The fraction of sp³-hybridized carbons (Fsp3) is 0.655. The van der Waals surface area contributed by atoms with Gasteiger partial charge < -0.3 is 20.1 Å². The summed E-state index contributed by atoms with van der Waals surface area (Å²) in [4.78, 5) is 25.7. The van der Waals surface area contributed by atoms with Crippen molar-refractivity contribution in [1.29, 1.82) is 0 Å². The molecule has 0 aromatic carbocycles. The average Bonchev–Trinajstić information content (AvgIpc) is 3.76. The number of carbonyl (C=O) groups is 1. The normalized spacial score (nSPS) is 15.7. The van der Waals surface area contributed by atoms with Crippen LogP contribution in [0.4, 0.5) is 10.5 Å². The molecule has 1 aliphatic heterocycles. The van der Waals surface area contributed by atoms with Gasteiger partial charge in [-0.3, -0.25) is 0 Å². The van der Waals surface area contributed by atoms with Crippen LogP contribution in [0.1, 0.15) is 90.8 Å². The molecular weight excluding hydrogens is 566 g/mol. The van der Waals surface area contributed by atoms with Crippen molar-refractivity contribution in [3.8, 4) is 5.88 Å². The van der Waals surface area contributed by atoms with Gasteiger partial charge in [0.25, 0.3) is 0 Å². The van der Waals surface area contributed by atoms with Crippen LogP contribution in [0.15, 0.2) is 23.5 Å². The lowest BCUT2D eigenvalue weighted by atomic mass is 10.1. The van der Waals surface area contributed by atoms with Gasteiger partial charge in [-0.05, 0) is 59.6 Å². The summed E-state index contributed by atoms with van der Waals surface area (Å²) in [7, 11) is -3.17. The molecule has 1 saturated heterocycles. The Bertz CT molecular complexity index is 1240. The standard InChI is InChI=1S/C15H22ClN3O3.C9H12N2O2S.C5H12/c1-10-12(16)17-9-18-13(10)21-11-5-7-19(8-6-11)14(20)22-15(2,3)4;1-6-8(10)4-5-9(11-6)14(12,13)7-2-3-7;1-3-5-4-2/h9,11H,5-8H2,1-4H3;4-5,7H,2-3,10H2,1H3;3-5H2,1-2H3. The third-order valence-corrected chi connectivity index (χ3v) is 8.95. The predicted octanol–water partition coefficient (Wildman–Crippen LogP) is 6.32. The zero-order valence-electron chi connectivity index (χ0n) is 25.4. The maximum Gasteiger partial charge on any atom is 0.410 e. The molecule has 1 saturated carbocycles. The fourth-order valence-electron chi connectivity index (χ4n) is 3.78. The topological polar surface area (TPSA) is 138 Å². The lowest BCUT2D eigenvalue weighted by Crippen LogP contribution is -2.44. The second kappa shape index (κ2) is 15.5. The minimum atomic E-state index is -3.17. The lowest BCUT2D eigenvalue weighted by Gasteiger charge is -2.33. The molecule has 0 spiro atoms. The first-order valence-corrected chi connectivity index (χ1v) is 16.2. The van der Waals surface area contributed by atoms with Crippen LogP contribution in [0.5, 0.6) is 5.88 Å². The van der Waals surface area contributed by atoms with E-state index in [0.29, 0.717) is 35.5 Å². The number of aryl methyl sites for hydroxylation is 1. The van der Waals surface area contributed by atoms with Gasteiger partial charge in [-0.25, -0.2) is 28.2 Å². The third kappa shape index (κ3) is 11.3. The maximum atomic E-state index is 12.0. The van der Waals surface area contributed by atoms with Gasteiger partial charge >= 0.3 is 6.09 Å². The quantitative estimate of drug-likeness (QED) is 0.372. The van der Waals surface area contributed by atoms with Crippen molar-refractivity contribution < 1.29 is 22.7 Å². The number of piperidine rings is 1. The Balaban J connectivity index is 0.000000263. The first-order chi connectivity index (χ1) is 19.2. The maximum absolute atomic E-state index is 12.0. The van der Waals surface area contributed by atoms with Crippen LogP contribution in [0, 0.1) is 13.8 Å². The number of rotatable bonds is 6. The zero-order chi connectivity index (χ0) is 30.8. The van der Waals surface area contributed by atoms with E-state index in [2.05, 4.69) is 28.8 Å². The number of likely N-dealkylation sites (tertiary alicyclic amines) is 1. The molecule has 2 aliphatic rings. The molecule has 4 rings (SSSR count). The minimum absolute atomic E-state index is 0.0170. The summed E-state index contributed by atoms with van der Waals surface area (Å²) >= 11 is 5.96. The highest BCUT2D eigenvalue weighted by Gasteiger charge is 2.37. The van der Waals surface area contributed by atoms with Gasteiger partial charge in [0.15, 0.2) is 14.9 Å². The van der Waals surface area contributed by atoms with E-state index in [-0.39, 0.29) is 22.5 Å². The molecule has 41 heavy (non-hydrogen) atoms. The second-order valence-corrected chi connectivity index (χ2v) is 13.8. The number of ether oxygens (including phenoxy) is 2.